The quantitative estimate of drug-likeness (QED) is 0.819. The van der Waals surface area contributed by atoms with E-state index in [0.717, 1.165) is 16.9 Å². The smallest absolute Gasteiger partial charge is 0.220 e. The van der Waals surface area contributed by atoms with E-state index in [-0.39, 0.29) is 12.5 Å². The van der Waals surface area contributed by atoms with E-state index in [1.165, 1.54) is 0 Å². The fourth-order valence-corrected chi connectivity index (χ4v) is 2.05. The fourth-order valence-electron chi connectivity index (χ4n) is 2.05. The molecule has 116 valence electrons. The second-order valence-electron chi connectivity index (χ2n) is 4.95. The van der Waals surface area contributed by atoms with Crippen LogP contribution in [0, 0.1) is 0 Å². The highest BCUT2D eigenvalue weighted by Crippen LogP contribution is 2.16. The number of carbonyl (C=O) groups excluding carboxylic acids is 1. The Kier molecular flexibility index (Phi) is 5.91. The molecule has 1 atom stereocenters. The lowest BCUT2D eigenvalue weighted by Crippen LogP contribution is -2.28. The van der Waals surface area contributed by atoms with Gasteiger partial charge in [-0.2, -0.15) is 0 Å². The first-order valence-corrected chi connectivity index (χ1v) is 7.16. The van der Waals surface area contributed by atoms with Crippen LogP contribution in [-0.2, 0) is 11.2 Å². The van der Waals surface area contributed by atoms with Crippen molar-refractivity contribution in [3.05, 3.63) is 59.9 Å². The molecular formula is C17H20N2O3. The van der Waals surface area contributed by atoms with Crippen LogP contribution >= 0.6 is 0 Å². The molecule has 0 saturated carbocycles. The van der Waals surface area contributed by atoms with Crippen LogP contribution in [0.5, 0.6) is 5.75 Å². The van der Waals surface area contributed by atoms with Crippen molar-refractivity contribution in [2.45, 2.75) is 18.9 Å². The van der Waals surface area contributed by atoms with E-state index in [0.29, 0.717) is 12.8 Å². The maximum Gasteiger partial charge on any atom is 0.220 e. The molecule has 2 N–H and O–H groups in total. The zero-order valence-corrected chi connectivity index (χ0v) is 12.5. The molecule has 1 aromatic carbocycles. The lowest BCUT2D eigenvalue weighted by atomic mass is 10.1. The summed E-state index contributed by atoms with van der Waals surface area (Å²) in [6.45, 7) is 0.196. The zero-order valence-electron chi connectivity index (χ0n) is 12.5. The number of aryl methyl sites for hydroxylation is 1. The van der Waals surface area contributed by atoms with Crippen molar-refractivity contribution in [2.24, 2.45) is 0 Å². The van der Waals surface area contributed by atoms with Gasteiger partial charge in [-0.1, -0.05) is 12.1 Å². The summed E-state index contributed by atoms with van der Waals surface area (Å²) in [7, 11) is 1.59. The Labute approximate surface area is 130 Å². The second-order valence-corrected chi connectivity index (χ2v) is 4.95. The Bertz CT molecular complexity index is 585. The van der Waals surface area contributed by atoms with Crippen molar-refractivity contribution < 1.29 is 14.6 Å². The van der Waals surface area contributed by atoms with Crippen LogP contribution in [0.15, 0.2) is 48.8 Å². The summed E-state index contributed by atoms with van der Waals surface area (Å²) in [4.78, 5) is 15.7. The number of nitrogens with zero attached hydrogens (tertiary/aromatic N) is 1. The molecule has 22 heavy (non-hydrogen) atoms. The summed E-state index contributed by atoms with van der Waals surface area (Å²) in [6.07, 6.45) is 3.74. The number of carbonyl (C=O) groups is 1. The summed E-state index contributed by atoms with van der Waals surface area (Å²) in [5.74, 6) is 0.654. The molecule has 5 heteroatoms. The molecule has 1 aromatic heterocycles. The minimum Gasteiger partial charge on any atom is -0.497 e. The average molecular weight is 300 g/mol. The van der Waals surface area contributed by atoms with Crippen molar-refractivity contribution in [1.29, 1.82) is 0 Å². The van der Waals surface area contributed by atoms with Crippen LogP contribution in [0.1, 0.15) is 23.7 Å². The third-order valence-corrected chi connectivity index (χ3v) is 3.38. The fraction of sp³-hybridized carbons (Fsp3) is 0.294. The molecule has 0 aliphatic heterocycles. The minimum absolute atomic E-state index is 0.0793. The van der Waals surface area contributed by atoms with Crippen molar-refractivity contribution >= 4 is 5.91 Å². The SMILES string of the molecule is COc1ccc(C(O)CNC(=O)CCc2ccncc2)cc1. The molecule has 0 aliphatic rings. The number of hydrogen-bond acceptors (Lipinski definition) is 4. The van der Waals surface area contributed by atoms with Gasteiger partial charge in [-0.05, 0) is 41.8 Å². The van der Waals surface area contributed by atoms with E-state index < -0.39 is 6.10 Å². The third kappa shape index (κ3) is 4.86. The van der Waals surface area contributed by atoms with Gasteiger partial charge >= 0.3 is 0 Å². The van der Waals surface area contributed by atoms with Crippen LogP contribution in [0.25, 0.3) is 0 Å². The van der Waals surface area contributed by atoms with Crippen LogP contribution in [0.3, 0.4) is 0 Å². The largest absolute Gasteiger partial charge is 0.497 e. The first-order valence-electron chi connectivity index (χ1n) is 7.16. The Balaban J connectivity index is 1.75. The molecular weight excluding hydrogens is 280 g/mol. The summed E-state index contributed by atoms with van der Waals surface area (Å²) in [5, 5.41) is 12.8. The lowest BCUT2D eigenvalue weighted by Gasteiger charge is -2.13. The number of pyridine rings is 1. The summed E-state index contributed by atoms with van der Waals surface area (Å²) in [6, 6.07) is 10.9. The lowest BCUT2D eigenvalue weighted by molar-refractivity contribution is -0.121. The van der Waals surface area contributed by atoms with Crippen molar-refractivity contribution in [3.63, 3.8) is 0 Å². The molecule has 2 rings (SSSR count). The molecule has 1 unspecified atom stereocenters. The molecule has 5 nitrogen and oxygen atoms in total. The van der Waals surface area contributed by atoms with Gasteiger partial charge in [0.1, 0.15) is 5.75 Å². The third-order valence-electron chi connectivity index (χ3n) is 3.38. The van der Waals surface area contributed by atoms with Gasteiger partial charge in [0.25, 0.3) is 0 Å². The van der Waals surface area contributed by atoms with Crippen LogP contribution in [-0.4, -0.2) is 29.7 Å². The second kappa shape index (κ2) is 8.14. The minimum atomic E-state index is -0.726. The predicted octanol–water partition coefficient (Wildman–Crippen LogP) is 1.87. The van der Waals surface area contributed by atoms with Gasteiger partial charge in [-0.25, -0.2) is 0 Å². The van der Waals surface area contributed by atoms with Crippen molar-refractivity contribution in [1.82, 2.24) is 10.3 Å². The van der Waals surface area contributed by atoms with E-state index in [1.807, 2.05) is 12.1 Å². The number of aliphatic hydroxyl groups excluding tert-OH is 1. The van der Waals surface area contributed by atoms with Crippen LogP contribution in [0.4, 0.5) is 0 Å². The van der Waals surface area contributed by atoms with E-state index in [1.54, 1.807) is 43.8 Å². The van der Waals surface area contributed by atoms with Crippen molar-refractivity contribution in [3.8, 4) is 5.75 Å². The standard InChI is InChI=1S/C17H20N2O3/c1-22-15-5-3-14(4-6-15)16(20)12-19-17(21)7-2-13-8-10-18-11-9-13/h3-6,8-11,16,20H,2,7,12H2,1H3,(H,19,21). The number of rotatable bonds is 7. The maximum atomic E-state index is 11.8. The number of benzene rings is 1. The van der Waals surface area contributed by atoms with Gasteiger partial charge in [0.2, 0.25) is 5.91 Å². The molecule has 0 aliphatic carbocycles. The maximum absolute atomic E-state index is 11.8. The van der Waals surface area contributed by atoms with Crippen LogP contribution < -0.4 is 10.1 Å². The molecule has 0 spiro atoms. The first kappa shape index (κ1) is 16.0. The van der Waals surface area contributed by atoms with Gasteiger partial charge in [0, 0.05) is 25.4 Å². The number of methoxy groups -OCH3 is 1. The summed E-state index contributed by atoms with van der Waals surface area (Å²) >= 11 is 0. The molecule has 1 amide bonds. The van der Waals surface area contributed by atoms with E-state index in [9.17, 15) is 9.90 Å². The molecule has 0 bridgehead atoms. The Morgan fingerprint density at radius 1 is 1.23 bits per heavy atom. The topological polar surface area (TPSA) is 71.5 Å². The average Bonchev–Trinajstić information content (AvgIpc) is 2.58. The van der Waals surface area contributed by atoms with E-state index in [4.69, 9.17) is 4.74 Å². The molecule has 2 aromatic rings. The summed E-state index contributed by atoms with van der Waals surface area (Å²) < 4.78 is 5.07. The normalized spacial score (nSPS) is 11.7. The number of aliphatic hydroxyl groups is 1. The van der Waals surface area contributed by atoms with Crippen molar-refractivity contribution in [2.75, 3.05) is 13.7 Å². The zero-order chi connectivity index (χ0) is 15.8. The number of nitrogens with one attached hydrogen (secondary N) is 1. The Morgan fingerprint density at radius 2 is 1.91 bits per heavy atom. The molecule has 1 heterocycles. The van der Waals surface area contributed by atoms with Gasteiger partial charge in [0.05, 0.1) is 13.2 Å². The van der Waals surface area contributed by atoms with Crippen LogP contribution in [0.2, 0.25) is 0 Å². The highest BCUT2D eigenvalue weighted by molar-refractivity contribution is 5.76. The predicted molar refractivity (Wildman–Crippen MR) is 83.5 cm³/mol. The number of aromatic nitrogens is 1. The van der Waals surface area contributed by atoms with Gasteiger partial charge in [-0.15, -0.1) is 0 Å². The van der Waals surface area contributed by atoms with Gasteiger partial charge < -0.3 is 15.2 Å². The van der Waals surface area contributed by atoms with E-state index >= 15 is 0 Å². The Morgan fingerprint density at radius 3 is 2.55 bits per heavy atom. The Hall–Kier alpha value is -2.40. The monoisotopic (exact) mass is 300 g/mol. The molecule has 0 fully saturated rings. The molecule has 0 saturated heterocycles. The van der Waals surface area contributed by atoms with Gasteiger partial charge in [-0.3, -0.25) is 9.78 Å². The number of hydrogen-bond donors (Lipinski definition) is 2. The summed E-state index contributed by atoms with van der Waals surface area (Å²) in [5.41, 5.74) is 1.82. The highest BCUT2D eigenvalue weighted by Gasteiger charge is 2.09. The highest BCUT2D eigenvalue weighted by atomic mass is 16.5. The van der Waals surface area contributed by atoms with Gasteiger partial charge in [0.15, 0.2) is 0 Å². The first-order chi connectivity index (χ1) is 10.7. The number of amides is 1. The molecule has 0 radical (unpaired) electrons. The van der Waals surface area contributed by atoms with E-state index in [2.05, 4.69) is 10.3 Å². The number of ether oxygens (including phenoxy) is 1.